The number of imidazole rings is 1. The number of benzene rings is 2. The molecule has 2 N–H and O–H groups in total. The molecule has 0 saturated heterocycles. The largest absolute Gasteiger partial charge is 0.486 e. The quantitative estimate of drug-likeness (QED) is 0.658. The van der Waals surface area contributed by atoms with Crippen LogP contribution in [0.2, 0.25) is 0 Å². The molecule has 3 aromatic rings. The summed E-state index contributed by atoms with van der Waals surface area (Å²) >= 11 is 0. The molecule has 2 heterocycles. The van der Waals surface area contributed by atoms with Gasteiger partial charge in [-0.05, 0) is 30.7 Å². The van der Waals surface area contributed by atoms with Crippen molar-refractivity contribution in [2.45, 2.75) is 19.1 Å². The van der Waals surface area contributed by atoms with E-state index in [1.165, 1.54) is 0 Å². The molecule has 0 radical (unpaired) electrons. The molecule has 0 bridgehead atoms. The topological polar surface area (TPSA) is 77.4 Å². The van der Waals surface area contributed by atoms with Gasteiger partial charge in [0.25, 0.3) is 0 Å². The van der Waals surface area contributed by atoms with E-state index in [1.54, 1.807) is 0 Å². The number of para-hydroxylation sites is 4. The van der Waals surface area contributed by atoms with Crippen LogP contribution in [-0.4, -0.2) is 41.4 Å². The lowest BCUT2D eigenvalue weighted by molar-refractivity contribution is 0.0918. The van der Waals surface area contributed by atoms with E-state index in [1.807, 2.05) is 54.9 Å². The Morgan fingerprint density at radius 2 is 1.93 bits per heavy atom. The minimum absolute atomic E-state index is 0.192. The maximum Gasteiger partial charge on any atom is 0.314 e. The van der Waals surface area contributed by atoms with Crippen LogP contribution in [0.15, 0.2) is 54.9 Å². The van der Waals surface area contributed by atoms with E-state index in [9.17, 15) is 4.79 Å². The standard InChI is InChI=1S/C20H22N4O3/c25-20(22-12-15-13-26-18-8-3-4-9-19(18)27-15)21-10-5-11-24-14-23-16-6-1-2-7-17(16)24/h1-4,6-9,14-15H,5,10-13H2,(H2,21,22,25). The third-order valence-electron chi connectivity index (χ3n) is 4.45. The van der Waals surface area contributed by atoms with Gasteiger partial charge in [-0.15, -0.1) is 0 Å². The van der Waals surface area contributed by atoms with Crippen LogP contribution in [-0.2, 0) is 6.54 Å². The Morgan fingerprint density at radius 3 is 2.85 bits per heavy atom. The van der Waals surface area contributed by atoms with Gasteiger partial charge in [0, 0.05) is 13.1 Å². The summed E-state index contributed by atoms with van der Waals surface area (Å²) in [5, 5.41) is 5.70. The zero-order chi connectivity index (χ0) is 18.5. The number of rotatable bonds is 6. The molecular formula is C20H22N4O3. The normalized spacial score (nSPS) is 15.5. The van der Waals surface area contributed by atoms with Crippen LogP contribution in [0.3, 0.4) is 0 Å². The third kappa shape index (κ3) is 4.13. The Labute approximate surface area is 157 Å². The number of fused-ring (bicyclic) bond motifs is 2. The van der Waals surface area contributed by atoms with Crippen LogP contribution < -0.4 is 20.1 Å². The van der Waals surface area contributed by atoms with Crippen molar-refractivity contribution in [1.29, 1.82) is 0 Å². The van der Waals surface area contributed by atoms with Crippen molar-refractivity contribution in [2.24, 2.45) is 0 Å². The Bertz CT molecular complexity index is 924. The first-order valence-corrected chi connectivity index (χ1v) is 9.09. The zero-order valence-corrected chi connectivity index (χ0v) is 14.9. The molecule has 2 amide bonds. The van der Waals surface area contributed by atoms with Crippen LogP contribution in [0.1, 0.15) is 6.42 Å². The van der Waals surface area contributed by atoms with Gasteiger partial charge in [-0.1, -0.05) is 24.3 Å². The smallest absolute Gasteiger partial charge is 0.314 e. The number of carbonyl (C=O) groups excluding carboxylic acids is 1. The number of aromatic nitrogens is 2. The maximum atomic E-state index is 12.0. The second-order valence-electron chi connectivity index (χ2n) is 6.41. The van der Waals surface area contributed by atoms with Crippen LogP contribution in [0.5, 0.6) is 11.5 Å². The fourth-order valence-electron chi connectivity index (χ4n) is 3.07. The summed E-state index contributed by atoms with van der Waals surface area (Å²) < 4.78 is 13.6. The molecule has 1 aromatic heterocycles. The minimum atomic E-state index is -0.201. The van der Waals surface area contributed by atoms with E-state index in [2.05, 4.69) is 20.2 Å². The molecule has 7 heteroatoms. The van der Waals surface area contributed by atoms with Gasteiger partial charge in [0.15, 0.2) is 17.6 Å². The molecule has 140 valence electrons. The van der Waals surface area contributed by atoms with Crippen LogP contribution in [0, 0.1) is 0 Å². The van der Waals surface area contributed by atoms with Crippen molar-refractivity contribution >= 4 is 17.1 Å². The maximum absolute atomic E-state index is 12.0. The van der Waals surface area contributed by atoms with Crippen molar-refractivity contribution in [3.8, 4) is 11.5 Å². The average Bonchev–Trinajstić information content (AvgIpc) is 3.13. The molecule has 1 aliphatic rings. The molecule has 0 fully saturated rings. The highest BCUT2D eigenvalue weighted by molar-refractivity contribution is 5.75. The van der Waals surface area contributed by atoms with Crippen LogP contribution in [0.25, 0.3) is 11.0 Å². The number of hydrogen-bond acceptors (Lipinski definition) is 4. The third-order valence-corrected chi connectivity index (χ3v) is 4.45. The monoisotopic (exact) mass is 366 g/mol. The SMILES string of the molecule is O=C(NCCCn1cnc2ccccc21)NCC1COc2ccccc2O1. The van der Waals surface area contributed by atoms with Gasteiger partial charge >= 0.3 is 6.03 Å². The fraction of sp³-hybridized carbons (Fsp3) is 0.300. The molecule has 1 aliphatic heterocycles. The van der Waals surface area contributed by atoms with Gasteiger partial charge in [0.05, 0.1) is 23.9 Å². The number of nitrogens with one attached hydrogen (secondary N) is 2. The molecule has 0 spiro atoms. The highest BCUT2D eigenvalue weighted by atomic mass is 16.6. The van der Waals surface area contributed by atoms with E-state index in [0.29, 0.717) is 25.4 Å². The van der Waals surface area contributed by atoms with Crippen LogP contribution in [0.4, 0.5) is 4.79 Å². The number of carbonyl (C=O) groups is 1. The average molecular weight is 366 g/mol. The summed E-state index contributed by atoms with van der Waals surface area (Å²) in [5.41, 5.74) is 2.09. The zero-order valence-electron chi connectivity index (χ0n) is 14.9. The van der Waals surface area contributed by atoms with Crippen LogP contribution >= 0.6 is 0 Å². The van der Waals surface area contributed by atoms with Gasteiger partial charge in [-0.3, -0.25) is 0 Å². The van der Waals surface area contributed by atoms with E-state index in [0.717, 1.165) is 29.7 Å². The van der Waals surface area contributed by atoms with Gasteiger partial charge in [0.1, 0.15) is 6.61 Å². The Kier molecular flexibility index (Phi) is 5.09. The lowest BCUT2D eigenvalue weighted by Crippen LogP contribution is -2.44. The molecular weight excluding hydrogens is 344 g/mol. The molecule has 0 saturated carbocycles. The van der Waals surface area contributed by atoms with Crippen molar-refractivity contribution < 1.29 is 14.3 Å². The first kappa shape index (κ1) is 17.2. The number of ether oxygens (including phenoxy) is 2. The Morgan fingerprint density at radius 1 is 1.11 bits per heavy atom. The molecule has 1 atom stereocenters. The fourth-order valence-corrected chi connectivity index (χ4v) is 3.07. The van der Waals surface area contributed by atoms with Gasteiger partial charge in [-0.2, -0.15) is 0 Å². The summed E-state index contributed by atoms with van der Waals surface area (Å²) in [7, 11) is 0. The first-order valence-electron chi connectivity index (χ1n) is 9.09. The number of aryl methyl sites for hydroxylation is 1. The van der Waals surface area contributed by atoms with Crippen molar-refractivity contribution in [3.63, 3.8) is 0 Å². The molecule has 27 heavy (non-hydrogen) atoms. The highest BCUT2D eigenvalue weighted by Crippen LogP contribution is 2.30. The Hall–Kier alpha value is -3.22. The molecule has 0 aliphatic carbocycles. The predicted octanol–water partition coefficient (Wildman–Crippen LogP) is 2.57. The second-order valence-corrected chi connectivity index (χ2v) is 6.41. The van der Waals surface area contributed by atoms with E-state index < -0.39 is 0 Å². The molecule has 2 aromatic carbocycles. The summed E-state index contributed by atoms with van der Waals surface area (Å²) in [5.74, 6) is 1.45. The van der Waals surface area contributed by atoms with E-state index >= 15 is 0 Å². The summed E-state index contributed by atoms with van der Waals surface area (Å²) in [4.78, 5) is 16.3. The number of amides is 2. The van der Waals surface area contributed by atoms with Crippen molar-refractivity contribution in [1.82, 2.24) is 20.2 Å². The predicted molar refractivity (Wildman–Crippen MR) is 102 cm³/mol. The molecule has 4 rings (SSSR count). The summed E-state index contributed by atoms with van der Waals surface area (Å²) in [6.45, 7) is 2.21. The van der Waals surface area contributed by atoms with Gasteiger partial charge < -0.3 is 24.7 Å². The van der Waals surface area contributed by atoms with Crippen molar-refractivity contribution in [3.05, 3.63) is 54.9 Å². The van der Waals surface area contributed by atoms with Crippen molar-refractivity contribution in [2.75, 3.05) is 19.7 Å². The minimum Gasteiger partial charge on any atom is -0.486 e. The number of hydrogen-bond donors (Lipinski definition) is 2. The van der Waals surface area contributed by atoms with E-state index in [4.69, 9.17) is 9.47 Å². The summed E-state index contributed by atoms with van der Waals surface area (Å²) in [6.07, 6.45) is 2.47. The Balaban J connectivity index is 1.16. The lowest BCUT2D eigenvalue weighted by atomic mass is 10.2. The van der Waals surface area contributed by atoms with E-state index in [-0.39, 0.29) is 12.1 Å². The van der Waals surface area contributed by atoms with Gasteiger partial charge in [-0.25, -0.2) is 9.78 Å². The summed E-state index contributed by atoms with van der Waals surface area (Å²) in [6, 6.07) is 15.4. The molecule has 7 nitrogen and oxygen atoms in total. The molecule has 1 unspecified atom stereocenters. The lowest BCUT2D eigenvalue weighted by Gasteiger charge is -2.26. The number of urea groups is 1. The highest BCUT2D eigenvalue weighted by Gasteiger charge is 2.20. The second kappa shape index (κ2) is 7.99. The van der Waals surface area contributed by atoms with Gasteiger partial charge in [0.2, 0.25) is 0 Å². The first-order chi connectivity index (χ1) is 13.3. The number of nitrogens with zero attached hydrogens (tertiary/aromatic N) is 2.